The van der Waals surface area contributed by atoms with Crippen molar-refractivity contribution >= 4 is 22.2 Å². The molecule has 2 nitrogen and oxygen atoms in total. The van der Waals surface area contributed by atoms with Crippen LogP contribution in [0.4, 0.5) is 0 Å². The molecule has 3 rings (SSSR count). The quantitative estimate of drug-likeness (QED) is 0.772. The number of para-hydroxylation sites is 1. The first-order valence-electron chi connectivity index (χ1n) is 6.88. The third-order valence-electron chi connectivity index (χ3n) is 3.68. The van der Waals surface area contributed by atoms with Crippen molar-refractivity contribution < 1.29 is 0 Å². The van der Waals surface area contributed by atoms with Crippen LogP contribution in [0.5, 0.6) is 0 Å². The molecule has 1 N–H and O–H groups in total. The first-order valence-corrected chi connectivity index (χ1v) is 7.82. The zero-order chi connectivity index (χ0) is 13.8. The zero-order valence-electron chi connectivity index (χ0n) is 11.5. The predicted molar refractivity (Wildman–Crippen MR) is 86.3 cm³/mol. The van der Waals surface area contributed by atoms with Crippen LogP contribution < -0.4 is 5.32 Å². The Balaban J connectivity index is 1.84. The van der Waals surface area contributed by atoms with E-state index in [1.54, 1.807) is 11.3 Å². The van der Waals surface area contributed by atoms with Crippen LogP contribution in [0, 0.1) is 0 Å². The number of hydrogen-bond acceptors (Lipinski definition) is 3. The minimum atomic E-state index is 0.454. The first kappa shape index (κ1) is 13.3. The molecule has 3 aromatic rings. The van der Waals surface area contributed by atoms with Gasteiger partial charge in [0.25, 0.3) is 0 Å². The molecule has 2 aromatic heterocycles. The van der Waals surface area contributed by atoms with E-state index in [1.165, 1.54) is 16.5 Å². The van der Waals surface area contributed by atoms with Crippen LogP contribution >= 0.6 is 11.3 Å². The van der Waals surface area contributed by atoms with Crippen LogP contribution in [0.1, 0.15) is 11.1 Å². The molecule has 1 aromatic carbocycles. The number of likely N-dealkylation sites (N-methyl/N-ethyl adjacent to an activating group) is 1. The summed E-state index contributed by atoms with van der Waals surface area (Å²) in [5, 5.41) is 9.08. The Kier molecular flexibility index (Phi) is 4.09. The van der Waals surface area contributed by atoms with Gasteiger partial charge < -0.3 is 5.32 Å². The van der Waals surface area contributed by atoms with E-state index in [9.17, 15) is 0 Å². The van der Waals surface area contributed by atoms with Gasteiger partial charge in [0.2, 0.25) is 0 Å². The second-order valence-electron chi connectivity index (χ2n) is 5.01. The monoisotopic (exact) mass is 282 g/mol. The molecule has 0 saturated heterocycles. The number of hydrogen-bond donors (Lipinski definition) is 1. The van der Waals surface area contributed by atoms with Crippen LogP contribution in [0.25, 0.3) is 10.9 Å². The summed E-state index contributed by atoms with van der Waals surface area (Å²) in [6.07, 6.45) is 4.00. The normalized spacial score (nSPS) is 12.7. The fourth-order valence-corrected chi connectivity index (χ4v) is 3.25. The molecular formula is C17H18N2S. The zero-order valence-corrected chi connectivity index (χ0v) is 12.4. The molecule has 102 valence electrons. The number of aromatic nitrogens is 1. The molecule has 0 bridgehead atoms. The Hall–Kier alpha value is -1.71. The van der Waals surface area contributed by atoms with Gasteiger partial charge in [-0.2, -0.15) is 11.3 Å². The van der Waals surface area contributed by atoms with Crippen molar-refractivity contribution in [2.45, 2.75) is 18.9 Å². The van der Waals surface area contributed by atoms with Gasteiger partial charge in [-0.05, 0) is 60.0 Å². The SMILES string of the molecule is CNC(Cc1ccsc1)Cc1ccnc2ccccc12. The van der Waals surface area contributed by atoms with Gasteiger partial charge in [0.1, 0.15) is 0 Å². The smallest absolute Gasteiger partial charge is 0.0704 e. The molecular weight excluding hydrogens is 264 g/mol. The number of thiophene rings is 1. The van der Waals surface area contributed by atoms with Gasteiger partial charge >= 0.3 is 0 Å². The van der Waals surface area contributed by atoms with E-state index in [0.717, 1.165) is 18.4 Å². The summed E-state index contributed by atoms with van der Waals surface area (Å²) in [4.78, 5) is 4.43. The molecule has 1 unspecified atom stereocenters. The van der Waals surface area contributed by atoms with Crippen LogP contribution in [0.15, 0.2) is 53.4 Å². The third kappa shape index (κ3) is 2.89. The van der Waals surface area contributed by atoms with Gasteiger partial charge in [-0.1, -0.05) is 18.2 Å². The molecule has 0 aliphatic carbocycles. The summed E-state index contributed by atoms with van der Waals surface area (Å²) in [6.45, 7) is 0. The maximum Gasteiger partial charge on any atom is 0.0704 e. The predicted octanol–water partition coefficient (Wildman–Crippen LogP) is 3.67. The molecule has 2 heterocycles. The van der Waals surface area contributed by atoms with Crippen molar-refractivity contribution in [2.75, 3.05) is 7.05 Å². The van der Waals surface area contributed by atoms with Gasteiger partial charge in [0, 0.05) is 17.6 Å². The lowest BCUT2D eigenvalue weighted by atomic mass is 9.98. The highest BCUT2D eigenvalue weighted by molar-refractivity contribution is 7.07. The summed E-state index contributed by atoms with van der Waals surface area (Å²) < 4.78 is 0. The standard InChI is InChI=1S/C17H18N2S/c1-18-15(10-13-7-9-20-12-13)11-14-6-8-19-17-5-3-2-4-16(14)17/h2-9,12,15,18H,10-11H2,1H3. The Bertz CT molecular complexity index is 671. The van der Waals surface area contributed by atoms with Gasteiger partial charge in [-0.15, -0.1) is 0 Å². The van der Waals surface area contributed by atoms with E-state index < -0.39 is 0 Å². The molecule has 0 spiro atoms. The summed E-state index contributed by atoms with van der Waals surface area (Å²) >= 11 is 1.76. The van der Waals surface area contributed by atoms with Crippen molar-refractivity contribution in [1.82, 2.24) is 10.3 Å². The molecule has 0 saturated carbocycles. The molecule has 0 aliphatic rings. The molecule has 1 atom stereocenters. The van der Waals surface area contributed by atoms with Crippen molar-refractivity contribution in [1.29, 1.82) is 0 Å². The minimum Gasteiger partial charge on any atom is -0.316 e. The van der Waals surface area contributed by atoms with Crippen LogP contribution in [0.2, 0.25) is 0 Å². The summed E-state index contributed by atoms with van der Waals surface area (Å²) in [6, 6.07) is 13.2. The van der Waals surface area contributed by atoms with Gasteiger partial charge in [-0.3, -0.25) is 4.98 Å². The lowest BCUT2D eigenvalue weighted by Gasteiger charge is -2.16. The summed E-state index contributed by atoms with van der Waals surface area (Å²) in [7, 11) is 2.04. The maximum absolute atomic E-state index is 4.43. The van der Waals surface area contributed by atoms with Crippen LogP contribution in [-0.2, 0) is 12.8 Å². The lowest BCUT2D eigenvalue weighted by Crippen LogP contribution is -2.29. The first-order chi connectivity index (χ1) is 9.86. The van der Waals surface area contributed by atoms with Gasteiger partial charge in [0.15, 0.2) is 0 Å². The Morgan fingerprint density at radius 1 is 1.15 bits per heavy atom. The van der Waals surface area contributed by atoms with Gasteiger partial charge in [0.05, 0.1) is 5.52 Å². The fraction of sp³-hybridized carbons (Fsp3) is 0.235. The third-order valence-corrected chi connectivity index (χ3v) is 4.41. The Morgan fingerprint density at radius 3 is 2.85 bits per heavy atom. The Morgan fingerprint density at radius 2 is 2.05 bits per heavy atom. The summed E-state index contributed by atoms with van der Waals surface area (Å²) in [5.74, 6) is 0. The van der Waals surface area contributed by atoms with E-state index >= 15 is 0 Å². The fourth-order valence-electron chi connectivity index (χ4n) is 2.57. The molecule has 0 aliphatic heterocycles. The number of benzene rings is 1. The van der Waals surface area contributed by atoms with E-state index in [0.29, 0.717) is 6.04 Å². The highest BCUT2D eigenvalue weighted by Gasteiger charge is 2.11. The number of fused-ring (bicyclic) bond motifs is 1. The second kappa shape index (κ2) is 6.16. The number of rotatable bonds is 5. The van der Waals surface area contributed by atoms with Crippen molar-refractivity contribution in [3.05, 3.63) is 64.5 Å². The number of nitrogens with zero attached hydrogens (tertiary/aromatic N) is 1. The second-order valence-corrected chi connectivity index (χ2v) is 5.79. The minimum absolute atomic E-state index is 0.454. The van der Waals surface area contributed by atoms with Crippen LogP contribution in [0.3, 0.4) is 0 Å². The van der Waals surface area contributed by atoms with Crippen molar-refractivity contribution in [2.24, 2.45) is 0 Å². The number of nitrogens with one attached hydrogen (secondary N) is 1. The Labute approximate surface area is 123 Å². The van der Waals surface area contributed by atoms with Crippen molar-refractivity contribution in [3.8, 4) is 0 Å². The van der Waals surface area contributed by atoms with E-state index in [-0.39, 0.29) is 0 Å². The van der Waals surface area contributed by atoms with Crippen molar-refractivity contribution in [3.63, 3.8) is 0 Å². The largest absolute Gasteiger partial charge is 0.316 e. The van der Waals surface area contributed by atoms with E-state index in [4.69, 9.17) is 0 Å². The van der Waals surface area contributed by atoms with E-state index in [1.807, 2.05) is 19.3 Å². The van der Waals surface area contributed by atoms with E-state index in [2.05, 4.69) is 51.4 Å². The average molecular weight is 282 g/mol. The lowest BCUT2D eigenvalue weighted by molar-refractivity contribution is 0.558. The maximum atomic E-state index is 4.43. The van der Waals surface area contributed by atoms with Crippen LogP contribution in [-0.4, -0.2) is 18.1 Å². The van der Waals surface area contributed by atoms with Gasteiger partial charge in [-0.25, -0.2) is 0 Å². The molecule has 0 fully saturated rings. The number of pyridine rings is 1. The molecule has 20 heavy (non-hydrogen) atoms. The molecule has 0 amide bonds. The topological polar surface area (TPSA) is 24.9 Å². The molecule has 0 radical (unpaired) electrons. The average Bonchev–Trinajstić information content (AvgIpc) is 3.00. The summed E-state index contributed by atoms with van der Waals surface area (Å²) in [5.41, 5.74) is 3.85. The highest BCUT2D eigenvalue weighted by Crippen LogP contribution is 2.19. The molecule has 3 heteroatoms. The highest BCUT2D eigenvalue weighted by atomic mass is 32.1.